The minimum Gasteiger partial charge on any atom is -0.388 e. The Morgan fingerprint density at radius 3 is 1.96 bits per heavy atom. The third-order valence-electron chi connectivity index (χ3n) is 16.6. The topological polar surface area (TPSA) is 241 Å². The number of ether oxygens (including phenoxy) is 2. The van der Waals surface area contributed by atoms with Crippen LogP contribution in [0.15, 0.2) is 54.6 Å². The monoisotopic (exact) mass is 1090 g/mol. The van der Waals surface area contributed by atoms with Gasteiger partial charge in [0.15, 0.2) is 17.6 Å². The second-order valence-electron chi connectivity index (χ2n) is 24.0. The number of ketones is 3. The number of amides is 5. The highest BCUT2D eigenvalue weighted by atomic mass is 16.5. The first-order valence-corrected chi connectivity index (χ1v) is 28.6. The number of rotatable bonds is 34. The summed E-state index contributed by atoms with van der Waals surface area (Å²) in [7, 11) is 8.94. The molecule has 1 fully saturated rings. The summed E-state index contributed by atoms with van der Waals surface area (Å²) >= 11 is 0. The summed E-state index contributed by atoms with van der Waals surface area (Å²) in [4.78, 5) is 99.3. The Bertz CT molecular complexity index is 2240. The van der Waals surface area contributed by atoms with E-state index < -0.39 is 60.2 Å². The summed E-state index contributed by atoms with van der Waals surface area (Å²) < 4.78 is 12.5. The van der Waals surface area contributed by atoms with E-state index in [9.17, 15) is 38.7 Å². The predicted molar refractivity (Wildman–Crippen MR) is 307 cm³/mol. The molecule has 12 atom stereocenters. The van der Waals surface area contributed by atoms with Crippen LogP contribution in [0.25, 0.3) is 0 Å². The van der Waals surface area contributed by atoms with Crippen molar-refractivity contribution >= 4 is 46.8 Å². The van der Waals surface area contributed by atoms with E-state index in [4.69, 9.17) is 20.9 Å². The van der Waals surface area contributed by atoms with Crippen molar-refractivity contribution in [2.75, 3.05) is 53.8 Å². The summed E-state index contributed by atoms with van der Waals surface area (Å²) in [6.07, 6.45) is 1.04. The molecule has 2 aromatic rings. The van der Waals surface area contributed by atoms with Gasteiger partial charge in [0.2, 0.25) is 17.7 Å². The summed E-state index contributed by atoms with van der Waals surface area (Å²) in [6, 6.07) is 14.1. The number of carbonyl (C=O) groups is 7. The molecule has 1 heterocycles. The van der Waals surface area contributed by atoms with Crippen LogP contribution < -0.4 is 22.1 Å². The number of anilines is 1. The number of hydrogen-bond acceptors (Lipinski definition) is 11. The number of quaternary nitrogens is 1. The van der Waals surface area contributed by atoms with Crippen LogP contribution in [0, 0.1) is 47.3 Å². The van der Waals surface area contributed by atoms with Gasteiger partial charge < -0.3 is 51.0 Å². The molecule has 1 saturated heterocycles. The van der Waals surface area contributed by atoms with Gasteiger partial charge in [-0.25, -0.2) is 4.79 Å². The number of nitrogens with zero attached hydrogens (tertiary/aromatic N) is 3. The van der Waals surface area contributed by atoms with Gasteiger partial charge in [0, 0.05) is 88.5 Å². The molecule has 0 spiro atoms. The molecule has 3 rings (SSSR count). The molecular formula is C61H100N7O10+. The lowest BCUT2D eigenvalue weighted by Gasteiger charge is -2.42. The molecule has 17 nitrogen and oxygen atoms in total. The van der Waals surface area contributed by atoms with Gasteiger partial charge in [-0.1, -0.05) is 118 Å². The molecule has 0 aliphatic carbocycles. The van der Waals surface area contributed by atoms with Crippen molar-refractivity contribution in [3.05, 3.63) is 65.7 Å². The number of hydrogen-bond donors (Lipinski definition) is 5. The third kappa shape index (κ3) is 19.1. The molecule has 0 bridgehead atoms. The SMILES string of the molecule is CC[C@H](C)[C@@H]([C@@H](CC(=O)N1CCC[C@H]1[C@H](OC)[C@@H](C)C(=O)C[C@H](C)[C@@H](O)c1ccccc1)OC)N(C)C(=O)[C@@H](CC(=O)[C@H](C(C)C)[N+](C)(C)Cc1ccc(NC(=O)[C@H](CCCNC(N)=O)CC(=O)[C@@H](N)C(C)C)cc1)C(C)C. The van der Waals surface area contributed by atoms with E-state index in [1.54, 1.807) is 38.3 Å². The second kappa shape index (κ2) is 31.6. The largest absolute Gasteiger partial charge is 0.388 e. The predicted octanol–water partition coefficient (Wildman–Crippen LogP) is 7.71. The number of Topliss-reactive ketones (excluding diaryl/α,β-unsaturated/α-hetero) is 3. The Morgan fingerprint density at radius 2 is 1.42 bits per heavy atom. The quantitative estimate of drug-likeness (QED) is 0.0336. The highest BCUT2D eigenvalue weighted by Gasteiger charge is 2.45. The maximum absolute atomic E-state index is 14.9. The highest BCUT2D eigenvalue weighted by Crippen LogP contribution is 2.34. The Hall–Kier alpha value is -5.07. The molecule has 0 radical (unpaired) electrons. The summed E-state index contributed by atoms with van der Waals surface area (Å²) in [6.45, 7) is 20.7. The first-order chi connectivity index (χ1) is 36.6. The molecule has 17 heteroatoms. The van der Waals surface area contributed by atoms with Crippen LogP contribution in [0.2, 0.25) is 0 Å². The number of primary amides is 1. The van der Waals surface area contributed by atoms with Crippen LogP contribution in [0.4, 0.5) is 10.5 Å². The van der Waals surface area contributed by atoms with E-state index in [1.807, 2.05) is 124 Å². The number of likely N-dealkylation sites (tertiary alicyclic amines) is 1. The zero-order chi connectivity index (χ0) is 58.8. The number of methoxy groups -OCH3 is 2. The normalized spacial score (nSPS) is 18.3. The Kier molecular flexibility index (Phi) is 27.3. The molecule has 1 aliphatic rings. The van der Waals surface area contributed by atoms with Crippen molar-refractivity contribution < 1.29 is 52.6 Å². The lowest BCUT2D eigenvalue weighted by atomic mass is 9.83. The summed E-state index contributed by atoms with van der Waals surface area (Å²) in [5.41, 5.74) is 13.6. The Balaban J connectivity index is 1.77. The third-order valence-corrected chi connectivity index (χ3v) is 16.6. The zero-order valence-corrected chi connectivity index (χ0v) is 50.0. The maximum Gasteiger partial charge on any atom is 0.312 e. The zero-order valence-electron chi connectivity index (χ0n) is 50.0. The standard InChI is InChI=1S/C61H99N7O10/c1-16-40(8)55(52(77-14)35-53(72)67-31-21-25-48(67)58(78-15)42(10)49(69)32-41(9)57(73)44-22-18-17-19-23-44)66(11)60(75)47(37(2)3)34-51(71)56(39(6)7)68(12,13)36-43-26-28-46(29-27-43)65-59(74)45(24-20-30-64-61(63)76)33-50(70)54(62)38(4)5/h17-19,22-23,26-29,37-42,45,47-48,52,54-58,73H,16,20-21,24-25,30-36,62H2,1-15H3,(H3-,63,64,65,74,76)/p+1/t40-,41-,42-,45+,47-,48-,52+,54-,55-,56-,57+,58+/m0/s1. The van der Waals surface area contributed by atoms with Crippen molar-refractivity contribution in [2.24, 2.45) is 58.8 Å². The van der Waals surface area contributed by atoms with Crippen molar-refractivity contribution in [3.8, 4) is 0 Å². The smallest absolute Gasteiger partial charge is 0.312 e. The maximum atomic E-state index is 14.9. The van der Waals surface area contributed by atoms with Crippen LogP contribution in [0.1, 0.15) is 144 Å². The van der Waals surface area contributed by atoms with E-state index in [2.05, 4.69) is 17.6 Å². The van der Waals surface area contributed by atoms with Gasteiger partial charge in [0.1, 0.15) is 12.3 Å². The van der Waals surface area contributed by atoms with E-state index in [-0.39, 0.29) is 103 Å². The first kappa shape index (κ1) is 67.2. The molecule has 7 N–H and O–H groups in total. The van der Waals surface area contributed by atoms with E-state index in [0.29, 0.717) is 48.9 Å². The highest BCUT2D eigenvalue weighted by molar-refractivity contribution is 5.96. The van der Waals surface area contributed by atoms with Crippen LogP contribution in [0.3, 0.4) is 0 Å². The number of carbonyl (C=O) groups excluding carboxylic acids is 7. The number of nitrogens with one attached hydrogen (secondary N) is 2. The second-order valence-corrected chi connectivity index (χ2v) is 24.0. The number of benzene rings is 2. The number of urea groups is 1. The molecular weight excluding hydrogens is 991 g/mol. The van der Waals surface area contributed by atoms with Crippen molar-refractivity contribution in [2.45, 2.75) is 176 Å². The molecule has 0 unspecified atom stereocenters. The number of aliphatic hydroxyl groups excluding tert-OH is 1. The molecule has 2 aromatic carbocycles. The molecule has 438 valence electrons. The van der Waals surface area contributed by atoms with Crippen LogP contribution in [-0.4, -0.2) is 145 Å². The van der Waals surface area contributed by atoms with Crippen molar-refractivity contribution in [3.63, 3.8) is 0 Å². The molecule has 78 heavy (non-hydrogen) atoms. The van der Waals surface area contributed by atoms with Gasteiger partial charge in [-0.2, -0.15) is 0 Å². The minimum atomic E-state index is -0.797. The molecule has 5 amide bonds. The van der Waals surface area contributed by atoms with Crippen LogP contribution in [-0.2, 0) is 44.8 Å². The molecule has 0 saturated carbocycles. The van der Waals surface area contributed by atoms with E-state index >= 15 is 0 Å². The van der Waals surface area contributed by atoms with Gasteiger partial charge in [-0.15, -0.1) is 0 Å². The fourth-order valence-electron chi connectivity index (χ4n) is 11.9. The van der Waals surface area contributed by atoms with Crippen LogP contribution >= 0.6 is 0 Å². The van der Waals surface area contributed by atoms with Gasteiger partial charge in [-0.05, 0) is 67.1 Å². The average Bonchev–Trinajstić information content (AvgIpc) is 3.88. The van der Waals surface area contributed by atoms with Gasteiger partial charge in [-0.3, -0.25) is 28.8 Å². The van der Waals surface area contributed by atoms with Gasteiger partial charge in [0.25, 0.3) is 0 Å². The number of aliphatic hydroxyl groups is 1. The van der Waals surface area contributed by atoms with Gasteiger partial charge in [0.05, 0.1) is 57.0 Å². The fourth-order valence-corrected chi connectivity index (χ4v) is 11.9. The van der Waals surface area contributed by atoms with Crippen molar-refractivity contribution in [1.82, 2.24) is 15.1 Å². The lowest BCUT2D eigenvalue weighted by molar-refractivity contribution is -0.922. The van der Waals surface area contributed by atoms with E-state index in [0.717, 1.165) is 17.5 Å². The molecule has 0 aromatic heterocycles. The first-order valence-electron chi connectivity index (χ1n) is 28.6. The Morgan fingerprint density at radius 1 is 0.795 bits per heavy atom. The Labute approximate surface area is 467 Å². The number of nitrogens with two attached hydrogens (primary N) is 2. The van der Waals surface area contributed by atoms with Crippen molar-refractivity contribution in [1.29, 1.82) is 0 Å². The van der Waals surface area contributed by atoms with E-state index in [1.165, 1.54) is 0 Å². The van der Waals surface area contributed by atoms with Gasteiger partial charge >= 0.3 is 6.03 Å². The lowest BCUT2D eigenvalue weighted by Crippen LogP contribution is -2.56. The number of likely N-dealkylation sites (N-methyl/N-ethyl adjacent to an activating group) is 2. The molecule has 1 aliphatic heterocycles. The van der Waals surface area contributed by atoms with Crippen LogP contribution in [0.5, 0.6) is 0 Å². The summed E-state index contributed by atoms with van der Waals surface area (Å²) in [5.74, 6) is -3.51. The fraction of sp³-hybridized carbons (Fsp3) is 0.689. The summed E-state index contributed by atoms with van der Waals surface area (Å²) in [5, 5.41) is 16.5. The average molecular weight is 1090 g/mol. The minimum absolute atomic E-state index is 0.00511.